The van der Waals surface area contributed by atoms with Crippen LogP contribution in [-0.2, 0) is 10.2 Å². The lowest BCUT2D eigenvalue weighted by Crippen LogP contribution is -2.20. The molecule has 0 fully saturated rings. The third-order valence-electron chi connectivity index (χ3n) is 3.55. The second-order valence-corrected chi connectivity index (χ2v) is 6.16. The van der Waals surface area contributed by atoms with Crippen molar-refractivity contribution < 1.29 is 4.74 Å². The molecule has 102 valence electrons. The highest BCUT2D eigenvalue weighted by Gasteiger charge is 2.17. The number of rotatable bonds is 5. The Hall–Kier alpha value is -0.860. The summed E-state index contributed by atoms with van der Waals surface area (Å²) < 4.78 is 5.11. The Bertz CT molecular complexity index is 350. The lowest BCUT2D eigenvalue weighted by molar-refractivity contribution is 0.174. The fourth-order valence-electron chi connectivity index (χ4n) is 2.02. The van der Waals surface area contributed by atoms with Gasteiger partial charge in [-0.05, 0) is 28.9 Å². The summed E-state index contributed by atoms with van der Waals surface area (Å²) in [6, 6.07) is 8.80. The molecule has 0 spiro atoms. The van der Waals surface area contributed by atoms with Crippen LogP contribution in [-0.4, -0.2) is 13.7 Å². The largest absolute Gasteiger partial charge is 0.385 e. The van der Waals surface area contributed by atoms with Gasteiger partial charge >= 0.3 is 0 Å². The van der Waals surface area contributed by atoms with Gasteiger partial charge in [-0.15, -0.1) is 0 Å². The summed E-state index contributed by atoms with van der Waals surface area (Å²) in [5.41, 5.74) is 9.05. The minimum atomic E-state index is 0.0918. The Kier molecular flexibility index (Phi) is 5.36. The Morgan fingerprint density at radius 2 is 1.72 bits per heavy atom. The zero-order valence-corrected chi connectivity index (χ0v) is 12.4. The van der Waals surface area contributed by atoms with Crippen molar-refractivity contribution in [3.8, 4) is 0 Å². The minimum Gasteiger partial charge on any atom is -0.385 e. The van der Waals surface area contributed by atoms with Crippen LogP contribution in [0, 0.1) is 5.92 Å². The molecule has 0 aliphatic rings. The fourth-order valence-corrected chi connectivity index (χ4v) is 2.02. The average Bonchev–Trinajstić information content (AvgIpc) is 2.34. The van der Waals surface area contributed by atoms with E-state index in [1.165, 1.54) is 11.1 Å². The van der Waals surface area contributed by atoms with E-state index in [9.17, 15) is 0 Å². The first-order valence-electron chi connectivity index (χ1n) is 6.71. The van der Waals surface area contributed by atoms with Crippen LogP contribution >= 0.6 is 0 Å². The molecule has 1 aromatic rings. The van der Waals surface area contributed by atoms with E-state index >= 15 is 0 Å². The second kappa shape index (κ2) is 6.35. The molecule has 0 saturated carbocycles. The van der Waals surface area contributed by atoms with Crippen molar-refractivity contribution in [3.63, 3.8) is 0 Å². The van der Waals surface area contributed by atoms with E-state index in [0.29, 0.717) is 5.92 Å². The summed E-state index contributed by atoms with van der Waals surface area (Å²) in [5.74, 6) is 0.436. The van der Waals surface area contributed by atoms with Crippen LogP contribution in [0.25, 0.3) is 0 Å². The van der Waals surface area contributed by atoms with Crippen molar-refractivity contribution in [1.29, 1.82) is 0 Å². The average molecular weight is 249 g/mol. The summed E-state index contributed by atoms with van der Waals surface area (Å²) in [4.78, 5) is 0. The van der Waals surface area contributed by atoms with Gasteiger partial charge in [0.15, 0.2) is 0 Å². The van der Waals surface area contributed by atoms with Gasteiger partial charge in [0.05, 0.1) is 0 Å². The smallest absolute Gasteiger partial charge is 0.0465 e. The van der Waals surface area contributed by atoms with Crippen molar-refractivity contribution in [1.82, 2.24) is 0 Å². The van der Waals surface area contributed by atoms with Crippen molar-refractivity contribution >= 4 is 0 Å². The minimum absolute atomic E-state index is 0.0918. The molecule has 2 atom stereocenters. The molecule has 2 heteroatoms. The molecular formula is C16H27NO. The van der Waals surface area contributed by atoms with Crippen molar-refractivity contribution in [2.75, 3.05) is 13.7 Å². The lowest BCUT2D eigenvalue weighted by Gasteiger charge is -2.23. The number of methoxy groups -OCH3 is 1. The zero-order valence-electron chi connectivity index (χ0n) is 12.4. The number of hydrogen-bond acceptors (Lipinski definition) is 2. The summed E-state index contributed by atoms with van der Waals surface area (Å²) in [5, 5.41) is 0. The van der Waals surface area contributed by atoms with Crippen LogP contribution in [0.1, 0.15) is 51.3 Å². The van der Waals surface area contributed by atoms with Crippen LogP contribution in [0.4, 0.5) is 0 Å². The van der Waals surface area contributed by atoms with Crippen molar-refractivity contribution in [2.24, 2.45) is 11.7 Å². The van der Waals surface area contributed by atoms with Gasteiger partial charge in [-0.3, -0.25) is 0 Å². The van der Waals surface area contributed by atoms with Crippen LogP contribution in [0.15, 0.2) is 24.3 Å². The molecule has 2 unspecified atom stereocenters. The quantitative estimate of drug-likeness (QED) is 0.864. The normalized spacial score (nSPS) is 15.4. The SMILES string of the molecule is COCCC(C)C(N)c1ccc(C(C)(C)C)cc1. The summed E-state index contributed by atoms with van der Waals surface area (Å²) in [7, 11) is 1.73. The highest BCUT2D eigenvalue weighted by molar-refractivity contribution is 5.29. The molecule has 0 aliphatic carbocycles. The number of nitrogens with two attached hydrogens (primary N) is 1. The van der Waals surface area contributed by atoms with E-state index < -0.39 is 0 Å². The summed E-state index contributed by atoms with van der Waals surface area (Å²) in [6.45, 7) is 9.63. The van der Waals surface area contributed by atoms with E-state index in [4.69, 9.17) is 10.5 Å². The molecule has 0 radical (unpaired) electrons. The Balaban J connectivity index is 2.72. The van der Waals surface area contributed by atoms with E-state index in [2.05, 4.69) is 52.0 Å². The number of ether oxygens (including phenoxy) is 1. The van der Waals surface area contributed by atoms with Gasteiger partial charge in [0.2, 0.25) is 0 Å². The maximum Gasteiger partial charge on any atom is 0.0465 e. The van der Waals surface area contributed by atoms with Gasteiger partial charge in [0, 0.05) is 19.8 Å². The van der Waals surface area contributed by atoms with E-state index in [-0.39, 0.29) is 11.5 Å². The molecule has 18 heavy (non-hydrogen) atoms. The fraction of sp³-hybridized carbons (Fsp3) is 0.625. The predicted molar refractivity (Wildman–Crippen MR) is 77.7 cm³/mol. The van der Waals surface area contributed by atoms with Crippen LogP contribution in [0.5, 0.6) is 0 Å². The first kappa shape index (κ1) is 15.2. The van der Waals surface area contributed by atoms with Gasteiger partial charge in [-0.1, -0.05) is 52.0 Å². The van der Waals surface area contributed by atoms with Crippen LogP contribution in [0.3, 0.4) is 0 Å². The molecule has 1 rings (SSSR count). The van der Waals surface area contributed by atoms with Gasteiger partial charge < -0.3 is 10.5 Å². The molecule has 0 aromatic heterocycles. The molecular weight excluding hydrogens is 222 g/mol. The first-order chi connectivity index (χ1) is 8.36. The molecule has 0 aliphatic heterocycles. The number of benzene rings is 1. The predicted octanol–water partition coefficient (Wildman–Crippen LogP) is 3.66. The molecule has 0 bridgehead atoms. The maximum atomic E-state index is 6.28. The number of hydrogen-bond donors (Lipinski definition) is 1. The van der Waals surface area contributed by atoms with Crippen LogP contribution in [0.2, 0.25) is 0 Å². The van der Waals surface area contributed by atoms with E-state index in [0.717, 1.165) is 13.0 Å². The van der Waals surface area contributed by atoms with Crippen molar-refractivity contribution in [2.45, 2.75) is 45.6 Å². The topological polar surface area (TPSA) is 35.2 Å². The third-order valence-corrected chi connectivity index (χ3v) is 3.55. The van der Waals surface area contributed by atoms with Crippen molar-refractivity contribution in [3.05, 3.63) is 35.4 Å². The Morgan fingerprint density at radius 3 is 2.17 bits per heavy atom. The van der Waals surface area contributed by atoms with Gasteiger partial charge in [0.25, 0.3) is 0 Å². The van der Waals surface area contributed by atoms with Gasteiger partial charge in [-0.25, -0.2) is 0 Å². The highest BCUT2D eigenvalue weighted by Crippen LogP contribution is 2.26. The van der Waals surface area contributed by atoms with Gasteiger partial charge in [0.1, 0.15) is 0 Å². The molecule has 0 heterocycles. The highest BCUT2D eigenvalue weighted by atomic mass is 16.5. The standard InChI is InChI=1S/C16H27NO/c1-12(10-11-18-5)15(17)13-6-8-14(9-7-13)16(2,3)4/h6-9,12,15H,10-11,17H2,1-5H3. The monoisotopic (exact) mass is 249 g/mol. The third kappa shape index (κ3) is 4.11. The zero-order chi connectivity index (χ0) is 13.8. The van der Waals surface area contributed by atoms with Crippen LogP contribution < -0.4 is 5.73 Å². The molecule has 1 aromatic carbocycles. The molecule has 0 saturated heterocycles. The Morgan fingerprint density at radius 1 is 1.17 bits per heavy atom. The molecule has 0 amide bonds. The lowest BCUT2D eigenvalue weighted by atomic mass is 9.85. The van der Waals surface area contributed by atoms with E-state index in [1.807, 2.05) is 0 Å². The van der Waals surface area contributed by atoms with Gasteiger partial charge in [-0.2, -0.15) is 0 Å². The summed E-state index contributed by atoms with van der Waals surface area (Å²) in [6.07, 6.45) is 0.999. The Labute approximate surface area is 112 Å². The second-order valence-electron chi connectivity index (χ2n) is 6.16. The van der Waals surface area contributed by atoms with E-state index in [1.54, 1.807) is 7.11 Å². The summed E-state index contributed by atoms with van der Waals surface area (Å²) >= 11 is 0. The molecule has 2 nitrogen and oxygen atoms in total. The maximum absolute atomic E-state index is 6.28. The molecule has 2 N–H and O–H groups in total. The first-order valence-corrected chi connectivity index (χ1v) is 6.71.